The lowest BCUT2D eigenvalue weighted by atomic mass is 10.2. The van der Waals surface area contributed by atoms with E-state index in [9.17, 15) is 9.59 Å². The van der Waals surface area contributed by atoms with Gasteiger partial charge in [0.2, 0.25) is 0 Å². The summed E-state index contributed by atoms with van der Waals surface area (Å²) in [5.41, 5.74) is 6.61. The number of nitrogens with one attached hydrogen (secondary N) is 1. The Labute approximate surface area is 144 Å². The Morgan fingerprint density at radius 2 is 1.96 bits per heavy atom. The number of ether oxygens (including phenoxy) is 2. The number of hydrogen-bond donors (Lipinski definition) is 2. The van der Waals surface area contributed by atoms with Crippen molar-refractivity contribution < 1.29 is 19.1 Å². The summed E-state index contributed by atoms with van der Waals surface area (Å²) in [5, 5.41) is 3.06. The van der Waals surface area contributed by atoms with Crippen molar-refractivity contribution in [3.63, 3.8) is 0 Å². The molecule has 0 fully saturated rings. The minimum Gasteiger partial charge on any atom is -0.497 e. The lowest BCUT2D eigenvalue weighted by Gasteiger charge is -2.14. The minimum atomic E-state index is -1.00. The van der Waals surface area contributed by atoms with Crippen LogP contribution in [0.3, 0.4) is 0 Å². The molecule has 0 aromatic heterocycles. The van der Waals surface area contributed by atoms with Gasteiger partial charge in [-0.1, -0.05) is 17.7 Å². The molecule has 7 heteroatoms. The SMILES string of the molecule is COc1cccc(NC(=O)[C@@H](C)OC(=O)c2ccc(Cl)cc2N)c1. The molecule has 0 saturated carbocycles. The number of carbonyl (C=O) groups excluding carboxylic acids is 2. The number of rotatable bonds is 5. The fourth-order valence-corrected chi connectivity index (χ4v) is 2.12. The second-order valence-corrected chi connectivity index (χ2v) is 5.44. The largest absolute Gasteiger partial charge is 0.497 e. The van der Waals surface area contributed by atoms with Crippen molar-refractivity contribution in [2.24, 2.45) is 0 Å². The van der Waals surface area contributed by atoms with Gasteiger partial charge in [0, 0.05) is 22.5 Å². The third-order valence-corrected chi connectivity index (χ3v) is 3.46. The summed E-state index contributed by atoms with van der Waals surface area (Å²) in [7, 11) is 1.53. The first kappa shape index (κ1) is 17.6. The molecule has 3 N–H and O–H groups in total. The molecule has 2 aromatic rings. The first-order valence-electron chi connectivity index (χ1n) is 7.11. The fraction of sp³-hybridized carbons (Fsp3) is 0.176. The molecule has 0 radical (unpaired) electrons. The first-order chi connectivity index (χ1) is 11.4. The number of methoxy groups -OCH3 is 1. The first-order valence-corrected chi connectivity index (χ1v) is 7.49. The molecular weight excluding hydrogens is 332 g/mol. The van der Waals surface area contributed by atoms with Crippen LogP contribution >= 0.6 is 11.6 Å². The predicted octanol–water partition coefficient (Wildman–Crippen LogP) is 3.11. The molecule has 6 nitrogen and oxygen atoms in total. The van der Waals surface area contributed by atoms with E-state index in [4.69, 9.17) is 26.8 Å². The van der Waals surface area contributed by atoms with E-state index in [1.807, 2.05) is 0 Å². The molecule has 0 aliphatic carbocycles. The van der Waals surface area contributed by atoms with Gasteiger partial charge in [0.1, 0.15) is 5.75 Å². The van der Waals surface area contributed by atoms with Crippen LogP contribution in [0.4, 0.5) is 11.4 Å². The van der Waals surface area contributed by atoms with Crippen LogP contribution < -0.4 is 15.8 Å². The smallest absolute Gasteiger partial charge is 0.341 e. The van der Waals surface area contributed by atoms with E-state index in [0.717, 1.165) is 0 Å². The van der Waals surface area contributed by atoms with Crippen LogP contribution in [0.1, 0.15) is 17.3 Å². The number of halogens is 1. The van der Waals surface area contributed by atoms with Gasteiger partial charge in [-0.25, -0.2) is 4.79 Å². The fourth-order valence-electron chi connectivity index (χ4n) is 1.94. The Morgan fingerprint density at radius 1 is 1.21 bits per heavy atom. The van der Waals surface area contributed by atoms with Crippen LogP contribution in [-0.4, -0.2) is 25.1 Å². The molecule has 0 heterocycles. The van der Waals surface area contributed by atoms with Crippen molar-refractivity contribution in [3.05, 3.63) is 53.1 Å². The van der Waals surface area contributed by atoms with Crippen LogP contribution in [0.5, 0.6) is 5.75 Å². The van der Waals surface area contributed by atoms with Crippen LogP contribution in [0, 0.1) is 0 Å². The van der Waals surface area contributed by atoms with Crippen LogP contribution in [0.25, 0.3) is 0 Å². The van der Waals surface area contributed by atoms with Crippen molar-refractivity contribution in [2.45, 2.75) is 13.0 Å². The minimum absolute atomic E-state index is 0.153. The molecule has 0 bridgehead atoms. The van der Waals surface area contributed by atoms with E-state index in [0.29, 0.717) is 16.5 Å². The average Bonchev–Trinajstić information content (AvgIpc) is 2.54. The summed E-state index contributed by atoms with van der Waals surface area (Å²) >= 11 is 5.79. The highest BCUT2D eigenvalue weighted by Gasteiger charge is 2.20. The zero-order chi connectivity index (χ0) is 17.7. The molecule has 2 rings (SSSR count). The number of carbonyl (C=O) groups is 2. The Morgan fingerprint density at radius 3 is 2.62 bits per heavy atom. The van der Waals surface area contributed by atoms with Gasteiger partial charge in [-0.15, -0.1) is 0 Å². The van der Waals surface area contributed by atoms with Crippen molar-refractivity contribution in [2.75, 3.05) is 18.2 Å². The van der Waals surface area contributed by atoms with Gasteiger partial charge in [-0.05, 0) is 37.3 Å². The van der Waals surface area contributed by atoms with Gasteiger partial charge >= 0.3 is 5.97 Å². The lowest BCUT2D eigenvalue weighted by Crippen LogP contribution is -2.30. The Hall–Kier alpha value is -2.73. The third-order valence-electron chi connectivity index (χ3n) is 3.22. The van der Waals surface area contributed by atoms with Gasteiger partial charge in [0.05, 0.1) is 12.7 Å². The number of benzene rings is 2. The summed E-state index contributed by atoms with van der Waals surface area (Å²) < 4.78 is 10.2. The topological polar surface area (TPSA) is 90.6 Å². The molecule has 1 atom stereocenters. The summed E-state index contributed by atoms with van der Waals surface area (Å²) in [6, 6.07) is 11.3. The standard InChI is InChI=1S/C17H17ClN2O4/c1-10(16(21)20-12-4-3-5-13(9-12)23-2)24-17(22)14-7-6-11(18)8-15(14)19/h3-10H,19H2,1-2H3,(H,20,21)/t10-/m1/s1. The van der Waals surface area contributed by atoms with Crippen molar-refractivity contribution >= 4 is 34.9 Å². The molecule has 126 valence electrons. The van der Waals surface area contributed by atoms with E-state index in [1.54, 1.807) is 24.3 Å². The van der Waals surface area contributed by atoms with Crippen molar-refractivity contribution in [1.82, 2.24) is 0 Å². The normalized spacial score (nSPS) is 11.5. The Bertz CT molecular complexity index is 764. The number of nitrogens with two attached hydrogens (primary N) is 1. The van der Waals surface area contributed by atoms with E-state index < -0.39 is 18.0 Å². The van der Waals surface area contributed by atoms with Gasteiger partial charge in [-0.2, -0.15) is 0 Å². The zero-order valence-electron chi connectivity index (χ0n) is 13.2. The number of esters is 1. The second-order valence-electron chi connectivity index (χ2n) is 5.00. The predicted molar refractivity (Wildman–Crippen MR) is 92.4 cm³/mol. The van der Waals surface area contributed by atoms with E-state index in [2.05, 4.69) is 5.32 Å². The molecular formula is C17H17ClN2O4. The Kier molecular flexibility index (Phi) is 5.65. The van der Waals surface area contributed by atoms with Crippen molar-refractivity contribution in [1.29, 1.82) is 0 Å². The highest BCUT2D eigenvalue weighted by molar-refractivity contribution is 6.31. The van der Waals surface area contributed by atoms with Crippen molar-refractivity contribution in [3.8, 4) is 5.75 Å². The molecule has 0 unspecified atom stereocenters. The molecule has 24 heavy (non-hydrogen) atoms. The lowest BCUT2D eigenvalue weighted by molar-refractivity contribution is -0.123. The maximum Gasteiger partial charge on any atom is 0.341 e. The van der Waals surface area contributed by atoms with E-state index in [-0.39, 0.29) is 11.3 Å². The van der Waals surface area contributed by atoms with Gasteiger partial charge in [0.25, 0.3) is 5.91 Å². The molecule has 2 aromatic carbocycles. The number of anilines is 2. The molecule has 1 amide bonds. The molecule has 0 aliphatic rings. The van der Waals surface area contributed by atoms with Crippen LogP contribution in [0.2, 0.25) is 5.02 Å². The van der Waals surface area contributed by atoms with Gasteiger partial charge in [-0.3, -0.25) is 4.79 Å². The molecule has 0 spiro atoms. The maximum absolute atomic E-state index is 12.1. The summed E-state index contributed by atoms with van der Waals surface area (Å²) in [6.45, 7) is 1.47. The highest BCUT2D eigenvalue weighted by atomic mass is 35.5. The summed E-state index contributed by atoms with van der Waals surface area (Å²) in [4.78, 5) is 24.2. The number of nitrogen functional groups attached to an aromatic ring is 1. The van der Waals surface area contributed by atoms with Gasteiger partial charge in [0.15, 0.2) is 6.10 Å². The van der Waals surface area contributed by atoms with Crippen LogP contribution in [-0.2, 0) is 9.53 Å². The summed E-state index contributed by atoms with van der Waals surface area (Å²) in [5.74, 6) is -0.562. The highest BCUT2D eigenvalue weighted by Crippen LogP contribution is 2.20. The molecule has 0 saturated heterocycles. The van der Waals surface area contributed by atoms with Gasteiger partial charge < -0.3 is 20.5 Å². The van der Waals surface area contributed by atoms with Crippen LogP contribution in [0.15, 0.2) is 42.5 Å². The monoisotopic (exact) mass is 348 g/mol. The second kappa shape index (κ2) is 7.70. The maximum atomic E-state index is 12.1. The summed E-state index contributed by atoms with van der Waals surface area (Å²) in [6.07, 6.45) is -1.00. The van der Waals surface area contributed by atoms with E-state index >= 15 is 0 Å². The quantitative estimate of drug-likeness (QED) is 0.640. The third kappa shape index (κ3) is 4.39. The number of amides is 1. The molecule has 0 aliphatic heterocycles. The zero-order valence-corrected chi connectivity index (χ0v) is 14.0. The van der Waals surface area contributed by atoms with E-state index in [1.165, 1.54) is 32.2 Å². The Balaban J connectivity index is 2.01. The number of hydrogen-bond acceptors (Lipinski definition) is 5. The average molecular weight is 349 g/mol.